The number of carboxylic acids is 1. The molecule has 0 aromatic heterocycles. The van der Waals surface area contributed by atoms with Gasteiger partial charge in [0.25, 0.3) is 0 Å². The second-order valence-corrected chi connectivity index (χ2v) is 5.82. The summed E-state index contributed by atoms with van der Waals surface area (Å²) in [5, 5.41) is 9.28. The average molecular weight is 337 g/mol. The molecule has 2 rings (SSSR count). The smallest absolute Gasteiger partial charge is 0.338 e. The van der Waals surface area contributed by atoms with Crippen LogP contribution in [-0.2, 0) is 4.74 Å². The van der Waals surface area contributed by atoms with Crippen molar-refractivity contribution in [1.82, 2.24) is 0 Å². The Bertz CT molecular complexity index is 698. The second kappa shape index (κ2) is 7.33. The molecule has 0 aliphatic rings. The Hall–Kier alpha value is -1.98. The summed E-state index contributed by atoms with van der Waals surface area (Å²) in [6.45, 7) is 2.09. The molecule has 0 aliphatic carbocycles. The predicted octanol–water partition coefficient (Wildman–Crippen LogP) is 4.37. The van der Waals surface area contributed by atoms with E-state index in [1.807, 2.05) is 0 Å². The van der Waals surface area contributed by atoms with Crippen molar-refractivity contribution in [2.45, 2.75) is 16.7 Å². The van der Waals surface area contributed by atoms with Crippen LogP contribution < -0.4 is 0 Å². The van der Waals surface area contributed by atoms with Gasteiger partial charge in [-0.2, -0.15) is 0 Å². The molecule has 4 nitrogen and oxygen atoms in total. The lowest BCUT2D eigenvalue weighted by Crippen LogP contribution is -2.03. The Labute approximate surface area is 137 Å². The van der Waals surface area contributed by atoms with Gasteiger partial charge >= 0.3 is 11.9 Å². The van der Waals surface area contributed by atoms with Crippen molar-refractivity contribution in [3.05, 3.63) is 58.6 Å². The molecule has 0 saturated carbocycles. The van der Waals surface area contributed by atoms with E-state index >= 15 is 0 Å². The summed E-state index contributed by atoms with van der Waals surface area (Å²) >= 11 is 7.48. The minimum atomic E-state index is -1.02. The van der Waals surface area contributed by atoms with E-state index in [0.717, 1.165) is 9.79 Å². The van der Waals surface area contributed by atoms with Crippen LogP contribution in [0.3, 0.4) is 0 Å². The highest BCUT2D eigenvalue weighted by molar-refractivity contribution is 7.99. The maximum atomic E-state index is 11.6. The Morgan fingerprint density at radius 3 is 2.32 bits per heavy atom. The van der Waals surface area contributed by atoms with Gasteiger partial charge in [0, 0.05) is 9.79 Å². The number of aromatic carboxylic acids is 1. The van der Waals surface area contributed by atoms with Crippen molar-refractivity contribution in [3.8, 4) is 0 Å². The number of carboxylic acid groups (broad SMARTS) is 1. The standard InChI is InChI=1S/C16H13ClO4S/c1-2-21-16(20)10-3-6-12(7-4-10)22-14-8-5-11(15(18)19)9-13(14)17/h3-9H,2H2,1H3,(H,18,19). The van der Waals surface area contributed by atoms with E-state index in [-0.39, 0.29) is 11.5 Å². The van der Waals surface area contributed by atoms with Gasteiger partial charge in [-0.3, -0.25) is 0 Å². The van der Waals surface area contributed by atoms with E-state index in [0.29, 0.717) is 17.2 Å². The van der Waals surface area contributed by atoms with Crippen LogP contribution in [0.15, 0.2) is 52.3 Å². The summed E-state index contributed by atoms with van der Waals surface area (Å²) in [6, 6.07) is 11.5. The minimum Gasteiger partial charge on any atom is -0.478 e. The lowest BCUT2D eigenvalue weighted by atomic mass is 10.2. The molecule has 0 fully saturated rings. The van der Waals surface area contributed by atoms with Crippen LogP contribution in [0, 0.1) is 0 Å². The normalized spacial score (nSPS) is 10.3. The summed E-state index contributed by atoms with van der Waals surface area (Å²) in [5.41, 5.74) is 0.630. The molecule has 114 valence electrons. The first-order valence-corrected chi connectivity index (χ1v) is 7.68. The first-order chi connectivity index (χ1) is 10.5. The number of esters is 1. The summed E-state index contributed by atoms with van der Waals surface area (Å²) < 4.78 is 4.92. The maximum absolute atomic E-state index is 11.6. The molecular formula is C16H13ClO4S. The van der Waals surface area contributed by atoms with Gasteiger partial charge in [-0.25, -0.2) is 9.59 Å². The number of halogens is 1. The third kappa shape index (κ3) is 4.02. The molecule has 0 saturated heterocycles. The van der Waals surface area contributed by atoms with Crippen LogP contribution in [0.25, 0.3) is 0 Å². The van der Waals surface area contributed by atoms with Crippen molar-refractivity contribution in [2.24, 2.45) is 0 Å². The molecule has 0 aliphatic heterocycles. The van der Waals surface area contributed by atoms with E-state index < -0.39 is 5.97 Å². The molecule has 0 spiro atoms. The largest absolute Gasteiger partial charge is 0.478 e. The SMILES string of the molecule is CCOC(=O)c1ccc(Sc2ccc(C(=O)O)cc2Cl)cc1. The molecule has 22 heavy (non-hydrogen) atoms. The van der Waals surface area contributed by atoms with Crippen LogP contribution in [0.4, 0.5) is 0 Å². The fourth-order valence-electron chi connectivity index (χ4n) is 1.72. The number of ether oxygens (including phenoxy) is 1. The van der Waals surface area contributed by atoms with Gasteiger partial charge in [-0.15, -0.1) is 0 Å². The van der Waals surface area contributed by atoms with Crippen molar-refractivity contribution in [3.63, 3.8) is 0 Å². The lowest BCUT2D eigenvalue weighted by Gasteiger charge is -2.06. The monoisotopic (exact) mass is 336 g/mol. The summed E-state index contributed by atoms with van der Waals surface area (Å²) in [4.78, 5) is 24.1. The van der Waals surface area contributed by atoms with E-state index in [9.17, 15) is 9.59 Å². The molecule has 0 amide bonds. The van der Waals surface area contributed by atoms with Gasteiger partial charge in [-0.05, 0) is 49.4 Å². The molecule has 0 radical (unpaired) electrons. The fraction of sp³-hybridized carbons (Fsp3) is 0.125. The molecule has 6 heteroatoms. The zero-order chi connectivity index (χ0) is 16.1. The molecule has 0 unspecified atom stereocenters. The highest BCUT2D eigenvalue weighted by Crippen LogP contribution is 2.34. The quantitative estimate of drug-likeness (QED) is 0.821. The van der Waals surface area contributed by atoms with Crippen LogP contribution >= 0.6 is 23.4 Å². The number of carbonyl (C=O) groups is 2. The van der Waals surface area contributed by atoms with Crippen molar-refractivity contribution in [2.75, 3.05) is 6.61 Å². The van der Waals surface area contributed by atoms with Crippen molar-refractivity contribution in [1.29, 1.82) is 0 Å². The summed E-state index contributed by atoms with van der Waals surface area (Å²) in [6.07, 6.45) is 0. The number of rotatable bonds is 5. The van der Waals surface area contributed by atoms with E-state index in [2.05, 4.69) is 0 Å². The van der Waals surface area contributed by atoms with Crippen molar-refractivity contribution >= 4 is 35.3 Å². The van der Waals surface area contributed by atoms with Gasteiger partial charge in [0.05, 0.1) is 22.8 Å². The van der Waals surface area contributed by atoms with E-state index in [1.54, 1.807) is 37.3 Å². The number of hydrogen-bond donors (Lipinski definition) is 1. The van der Waals surface area contributed by atoms with Crippen LogP contribution in [-0.4, -0.2) is 23.7 Å². The highest BCUT2D eigenvalue weighted by atomic mass is 35.5. The summed E-state index contributed by atoms with van der Waals surface area (Å²) in [5.74, 6) is -1.37. The van der Waals surface area contributed by atoms with Gasteiger partial charge in [0.2, 0.25) is 0 Å². The Kier molecular flexibility index (Phi) is 5.46. The van der Waals surface area contributed by atoms with Crippen LogP contribution in [0.5, 0.6) is 0 Å². The molecule has 0 atom stereocenters. The van der Waals surface area contributed by atoms with Crippen LogP contribution in [0.2, 0.25) is 5.02 Å². The third-order valence-corrected chi connectivity index (χ3v) is 4.28. The maximum Gasteiger partial charge on any atom is 0.338 e. The average Bonchev–Trinajstić information content (AvgIpc) is 2.50. The molecule has 2 aromatic rings. The first kappa shape index (κ1) is 16.4. The molecule has 0 bridgehead atoms. The second-order valence-electron chi connectivity index (χ2n) is 4.30. The topological polar surface area (TPSA) is 63.6 Å². The van der Waals surface area contributed by atoms with Crippen molar-refractivity contribution < 1.29 is 19.4 Å². The van der Waals surface area contributed by atoms with Crippen LogP contribution in [0.1, 0.15) is 27.6 Å². The molecule has 1 N–H and O–H groups in total. The number of benzene rings is 2. The molecule has 2 aromatic carbocycles. The number of carbonyl (C=O) groups excluding carboxylic acids is 1. The number of hydrogen-bond acceptors (Lipinski definition) is 4. The minimum absolute atomic E-state index is 0.145. The Balaban J connectivity index is 2.14. The highest BCUT2D eigenvalue weighted by Gasteiger charge is 2.10. The summed E-state index contributed by atoms with van der Waals surface area (Å²) in [7, 11) is 0. The van der Waals surface area contributed by atoms with Gasteiger partial charge in [0.1, 0.15) is 0 Å². The molecular weight excluding hydrogens is 324 g/mol. The zero-order valence-corrected chi connectivity index (χ0v) is 13.3. The van der Waals surface area contributed by atoms with E-state index in [1.165, 1.54) is 23.9 Å². The van der Waals surface area contributed by atoms with Gasteiger partial charge < -0.3 is 9.84 Å². The van der Waals surface area contributed by atoms with Gasteiger partial charge in [0.15, 0.2) is 0 Å². The first-order valence-electron chi connectivity index (χ1n) is 6.49. The zero-order valence-electron chi connectivity index (χ0n) is 11.7. The van der Waals surface area contributed by atoms with Gasteiger partial charge in [-0.1, -0.05) is 23.4 Å². The Morgan fingerprint density at radius 1 is 1.14 bits per heavy atom. The molecule has 0 heterocycles. The lowest BCUT2D eigenvalue weighted by molar-refractivity contribution is 0.0525. The Morgan fingerprint density at radius 2 is 1.77 bits per heavy atom. The third-order valence-electron chi connectivity index (χ3n) is 2.77. The fourth-order valence-corrected chi connectivity index (χ4v) is 2.83. The van der Waals surface area contributed by atoms with E-state index in [4.69, 9.17) is 21.4 Å². The predicted molar refractivity (Wildman–Crippen MR) is 84.9 cm³/mol.